The van der Waals surface area contributed by atoms with Crippen molar-refractivity contribution in [1.82, 2.24) is 9.55 Å². The fourth-order valence-corrected chi connectivity index (χ4v) is 2.95. The molecule has 0 atom stereocenters. The van der Waals surface area contributed by atoms with Crippen molar-refractivity contribution in [1.29, 1.82) is 0 Å². The van der Waals surface area contributed by atoms with Gasteiger partial charge >= 0.3 is 7.12 Å². The second-order valence-electron chi connectivity index (χ2n) is 7.00. The van der Waals surface area contributed by atoms with Crippen LogP contribution in [0.4, 0.5) is 0 Å². The molecule has 1 aromatic rings. The van der Waals surface area contributed by atoms with Gasteiger partial charge < -0.3 is 13.9 Å². The van der Waals surface area contributed by atoms with Gasteiger partial charge in [0.05, 0.1) is 16.8 Å². The zero-order valence-electron chi connectivity index (χ0n) is 13.1. The van der Waals surface area contributed by atoms with Gasteiger partial charge in [-0.25, -0.2) is 4.98 Å². The SMILES string of the molecule is CC1(C)OB(c2cnc3n2CCCCCC3)OC1(C)C. The summed E-state index contributed by atoms with van der Waals surface area (Å²) >= 11 is 0. The Labute approximate surface area is 122 Å². The van der Waals surface area contributed by atoms with E-state index in [2.05, 4.69) is 37.2 Å². The average Bonchev–Trinajstić information content (AvgIpc) is 2.78. The molecule has 110 valence electrons. The van der Waals surface area contributed by atoms with Crippen LogP contribution >= 0.6 is 0 Å². The molecule has 1 aromatic heterocycles. The van der Waals surface area contributed by atoms with Gasteiger partial charge in [-0.1, -0.05) is 12.8 Å². The molecule has 0 spiro atoms. The number of fused-ring (bicyclic) bond motifs is 1. The first-order valence-corrected chi connectivity index (χ1v) is 7.81. The Hall–Kier alpha value is -0.805. The van der Waals surface area contributed by atoms with E-state index in [0.29, 0.717) is 0 Å². The first-order chi connectivity index (χ1) is 9.41. The van der Waals surface area contributed by atoms with Crippen LogP contribution in [-0.2, 0) is 22.3 Å². The second-order valence-corrected chi connectivity index (χ2v) is 7.00. The van der Waals surface area contributed by atoms with E-state index in [1.807, 2.05) is 6.20 Å². The fraction of sp³-hybridized carbons (Fsp3) is 0.800. The summed E-state index contributed by atoms with van der Waals surface area (Å²) in [5, 5.41) is 0. The molecular formula is C15H25BN2O2. The lowest BCUT2D eigenvalue weighted by Gasteiger charge is -2.32. The van der Waals surface area contributed by atoms with Crippen LogP contribution in [0.2, 0.25) is 0 Å². The van der Waals surface area contributed by atoms with Crippen LogP contribution < -0.4 is 5.59 Å². The van der Waals surface area contributed by atoms with Gasteiger partial charge in [-0.15, -0.1) is 0 Å². The molecule has 0 aliphatic carbocycles. The Morgan fingerprint density at radius 1 is 1.05 bits per heavy atom. The smallest absolute Gasteiger partial charge is 0.398 e. The molecule has 0 unspecified atom stereocenters. The van der Waals surface area contributed by atoms with Crippen LogP contribution in [0.3, 0.4) is 0 Å². The molecule has 0 N–H and O–H groups in total. The topological polar surface area (TPSA) is 36.3 Å². The Morgan fingerprint density at radius 2 is 1.70 bits per heavy atom. The molecule has 20 heavy (non-hydrogen) atoms. The summed E-state index contributed by atoms with van der Waals surface area (Å²) in [4.78, 5) is 4.60. The first kappa shape index (κ1) is 14.1. The monoisotopic (exact) mass is 276 g/mol. The Bertz CT molecular complexity index is 480. The minimum absolute atomic E-state index is 0.288. The second kappa shape index (κ2) is 4.88. The van der Waals surface area contributed by atoms with E-state index in [4.69, 9.17) is 9.31 Å². The predicted octanol–water partition coefficient (Wildman–Crippen LogP) is 2.30. The maximum absolute atomic E-state index is 6.16. The largest absolute Gasteiger partial charge is 0.514 e. The van der Waals surface area contributed by atoms with E-state index in [1.54, 1.807) is 0 Å². The Balaban J connectivity index is 1.89. The zero-order valence-corrected chi connectivity index (χ0v) is 13.1. The van der Waals surface area contributed by atoms with Crippen LogP contribution in [0.25, 0.3) is 0 Å². The van der Waals surface area contributed by atoms with Crippen molar-refractivity contribution >= 4 is 12.7 Å². The third-order valence-corrected chi connectivity index (χ3v) is 5.00. The number of aryl methyl sites for hydroxylation is 1. The Kier molecular flexibility index (Phi) is 3.45. The van der Waals surface area contributed by atoms with E-state index in [9.17, 15) is 0 Å². The van der Waals surface area contributed by atoms with Crippen LogP contribution in [0.15, 0.2) is 6.20 Å². The molecule has 3 heterocycles. The zero-order chi connectivity index (χ0) is 14.4. The van der Waals surface area contributed by atoms with Crippen LogP contribution in [0, 0.1) is 0 Å². The minimum atomic E-state index is -0.291. The molecule has 0 saturated carbocycles. The van der Waals surface area contributed by atoms with E-state index in [1.165, 1.54) is 31.5 Å². The highest BCUT2D eigenvalue weighted by Crippen LogP contribution is 2.36. The minimum Gasteiger partial charge on any atom is -0.398 e. The normalized spacial score (nSPS) is 25.1. The van der Waals surface area contributed by atoms with Crippen molar-refractivity contribution in [2.45, 2.75) is 77.5 Å². The number of imidazole rings is 1. The van der Waals surface area contributed by atoms with Gasteiger partial charge in [-0.2, -0.15) is 0 Å². The van der Waals surface area contributed by atoms with E-state index < -0.39 is 0 Å². The highest BCUT2D eigenvalue weighted by molar-refractivity contribution is 6.61. The molecule has 2 aliphatic rings. The standard InChI is InChI=1S/C15H25BN2O2/c1-14(2)15(3,4)20-16(19-14)12-11-17-13-9-7-5-6-8-10-18(12)13/h11H,5-10H2,1-4H3. The number of aromatic nitrogens is 2. The van der Waals surface area contributed by atoms with Crippen molar-refractivity contribution in [3.8, 4) is 0 Å². The van der Waals surface area contributed by atoms with Crippen LogP contribution in [-0.4, -0.2) is 27.9 Å². The van der Waals surface area contributed by atoms with Crippen molar-refractivity contribution in [2.75, 3.05) is 0 Å². The van der Waals surface area contributed by atoms with Gasteiger partial charge in [-0.05, 0) is 40.5 Å². The van der Waals surface area contributed by atoms with Gasteiger partial charge in [0.2, 0.25) is 0 Å². The average molecular weight is 276 g/mol. The highest BCUT2D eigenvalue weighted by Gasteiger charge is 2.52. The number of rotatable bonds is 1. The van der Waals surface area contributed by atoms with Gasteiger partial charge in [0.15, 0.2) is 0 Å². The quantitative estimate of drug-likeness (QED) is 0.738. The molecule has 1 saturated heterocycles. The molecule has 0 bridgehead atoms. The van der Waals surface area contributed by atoms with Gasteiger partial charge in [0, 0.05) is 19.2 Å². The van der Waals surface area contributed by atoms with Crippen molar-refractivity contribution < 1.29 is 9.31 Å². The number of nitrogens with zero attached hydrogens (tertiary/aromatic N) is 2. The number of hydrogen-bond acceptors (Lipinski definition) is 3. The van der Waals surface area contributed by atoms with Crippen molar-refractivity contribution in [3.63, 3.8) is 0 Å². The summed E-state index contributed by atoms with van der Waals surface area (Å²) in [6.45, 7) is 9.42. The molecule has 2 aliphatic heterocycles. The molecule has 0 aromatic carbocycles. The lowest BCUT2D eigenvalue weighted by Crippen LogP contribution is -2.41. The summed E-state index contributed by atoms with van der Waals surface area (Å²) < 4.78 is 14.6. The van der Waals surface area contributed by atoms with E-state index in [-0.39, 0.29) is 18.3 Å². The number of hydrogen-bond donors (Lipinski definition) is 0. The maximum atomic E-state index is 6.16. The highest BCUT2D eigenvalue weighted by atomic mass is 16.7. The summed E-state index contributed by atoms with van der Waals surface area (Å²) in [7, 11) is -0.291. The van der Waals surface area contributed by atoms with E-state index in [0.717, 1.165) is 18.6 Å². The first-order valence-electron chi connectivity index (χ1n) is 7.81. The molecule has 1 fully saturated rings. The molecular weight excluding hydrogens is 251 g/mol. The lowest BCUT2D eigenvalue weighted by molar-refractivity contribution is 0.00578. The van der Waals surface area contributed by atoms with Gasteiger partial charge in [0.1, 0.15) is 5.82 Å². The summed E-state index contributed by atoms with van der Waals surface area (Å²) in [6, 6.07) is 0. The third-order valence-electron chi connectivity index (χ3n) is 5.00. The maximum Gasteiger partial charge on any atom is 0.514 e. The third kappa shape index (κ3) is 2.31. The van der Waals surface area contributed by atoms with Gasteiger partial charge in [0.25, 0.3) is 0 Å². The summed E-state index contributed by atoms with van der Waals surface area (Å²) in [5.74, 6) is 1.19. The predicted molar refractivity (Wildman–Crippen MR) is 80.1 cm³/mol. The van der Waals surface area contributed by atoms with Crippen LogP contribution in [0.5, 0.6) is 0 Å². The molecule has 3 rings (SSSR count). The molecule has 0 amide bonds. The van der Waals surface area contributed by atoms with Gasteiger partial charge in [-0.3, -0.25) is 0 Å². The summed E-state index contributed by atoms with van der Waals surface area (Å²) in [5.41, 5.74) is 0.508. The molecule has 5 heteroatoms. The Morgan fingerprint density at radius 3 is 2.40 bits per heavy atom. The lowest BCUT2D eigenvalue weighted by atomic mass is 9.85. The van der Waals surface area contributed by atoms with Crippen LogP contribution in [0.1, 0.15) is 59.2 Å². The fourth-order valence-electron chi connectivity index (χ4n) is 2.95. The molecule has 0 radical (unpaired) electrons. The summed E-state index contributed by atoms with van der Waals surface area (Å²) in [6.07, 6.45) is 8.09. The van der Waals surface area contributed by atoms with Crippen molar-refractivity contribution in [2.24, 2.45) is 0 Å². The van der Waals surface area contributed by atoms with Crippen molar-refractivity contribution in [3.05, 3.63) is 12.0 Å². The van der Waals surface area contributed by atoms with E-state index >= 15 is 0 Å². The molecule has 4 nitrogen and oxygen atoms in total.